The van der Waals surface area contributed by atoms with Crippen LogP contribution in [0.4, 0.5) is 11.5 Å². The standard InChI is InChI=1S/C31H31N5O3/c1-21-12-13-22(2)26(18-21)20-28-23(3)32-29(24-8-5-4-6-9-24)33-30(28)34-14-16-35(17-15-34)31(37)25-10-7-11-27(19-25)36(38)39/h4-13,18-19H,14-17,20H2,1-3H3. The molecule has 1 aliphatic rings. The smallest absolute Gasteiger partial charge is 0.270 e. The largest absolute Gasteiger partial charge is 0.353 e. The van der Waals surface area contributed by atoms with Gasteiger partial charge in [-0.2, -0.15) is 0 Å². The van der Waals surface area contributed by atoms with E-state index in [1.54, 1.807) is 17.0 Å². The molecule has 0 saturated carbocycles. The molecule has 2 heterocycles. The Balaban J connectivity index is 1.44. The number of nitrogens with zero attached hydrogens (tertiary/aromatic N) is 5. The van der Waals surface area contributed by atoms with E-state index in [0.717, 1.165) is 29.1 Å². The van der Waals surface area contributed by atoms with Crippen molar-refractivity contribution in [2.24, 2.45) is 0 Å². The van der Waals surface area contributed by atoms with Crippen LogP contribution in [-0.2, 0) is 6.42 Å². The van der Waals surface area contributed by atoms with E-state index < -0.39 is 4.92 Å². The number of aromatic nitrogens is 2. The van der Waals surface area contributed by atoms with Crippen molar-refractivity contribution in [2.45, 2.75) is 27.2 Å². The van der Waals surface area contributed by atoms with Crippen LogP contribution in [-0.4, -0.2) is 51.9 Å². The number of hydrogen-bond acceptors (Lipinski definition) is 6. The summed E-state index contributed by atoms with van der Waals surface area (Å²) < 4.78 is 0. The van der Waals surface area contributed by atoms with Crippen LogP contribution in [0.15, 0.2) is 72.8 Å². The summed E-state index contributed by atoms with van der Waals surface area (Å²) in [6.07, 6.45) is 0.719. The van der Waals surface area contributed by atoms with Crippen molar-refractivity contribution in [1.82, 2.24) is 14.9 Å². The Kier molecular flexibility index (Phi) is 7.36. The molecular weight excluding hydrogens is 490 g/mol. The van der Waals surface area contributed by atoms with Crippen molar-refractivity contribution >= 4 is 17.4 Å². The minimum absolute atomic E-state index is 0.0829. The number of hydrogen-bond donors (Lipinski definition) is 0. The van der Waals surface area contributed by atoms with Gasteiger partial charge in [-0.3, -0.25) is 14.9 Å². The number of carbonyl (C=O) groups excluding carboxylic acids is 1. The second kappa shape index (κ2) is 11.0. The second-order valence-corrected chi connectivity index (χ2v) is 9.99. The number of rotatable bonds is 6. The first-order chi connectivity index (χ1) is 18.8. The van der Waals surface area contributed by atoms with Gasteiger partial charge in [0.05, 0.1) is 4.92 Å². The molecule has 1 aliphatic heterocycles. The molecular formula is C31H31N5O3. The lowest BCUT2D eigenvalue weighted by molar-refractivity contribution is -0.384. The molecule has 39 heavy (non-hydrogen) atoms. The SMILES string of the molecule is Cc1ccc(C)c(Cc2c(C)nc(-c3ccccc3)nc2N2CCN(C(=O)c3cccc([N+](=O)[O-])c3)CC2)c1. The van der Waals surface area contributed by atoms with Crippen LogP contribution in [0, 0.1) is 30.9 Å². The Bertz CT molecular complexity index is 1530. The number of carbonyl (C=O) groups is 1. The van der Waals surface area contributed by atoms with Gasteiger partial charge in [0.25, 0.3) is 11.6 Å². The van der Waals surface area contributed by atoms with Crippen LogP contribution in [0.3, 0.4) is 0 Å². The van der Waals surface area contributed by atoms with Gasteiger partial charge in [-0.15, -0.1) is 0 Å². The molecule has 0 N–H and O–H groups in total. The highest BCUT2D eigenvalue weighted by Gasteiger charge is 2.27. The molecule has 4 aromatic rings. The molecule has 1 aromatic heterocycles. The molecule has 0 radical (unpaired) electrons. The number of amides is 1. The molecule has 0 bridgehead atoms. The highest BCUT2D eigenvalue weighted by molar-refractivity contribution is 5.95. The average Bonchev–Trinajstić information content (AvgIpc) is 2.96. The maximum atomic E-state index is 13.1. The fraction of sp³-hybridized carbons (Fsp3) is 0.258. The van der Waals surface area contributed by atoms with Gasteiger partial charge in [0.15, 0.2) is 5.82 Å². The monoisotopic (exact) mass is 521 g/mol. The first-order valence-corrected chi connectivity index (χ1v) is 13.1. The Labute approximate surface area is 228 Å². The predicted octanol–water partition coefficient (Wildman–Crippen LogP) is 5.53. The van der Waals surface area contributed by atoms with Gasteiger partial charge < -0.3 is 9.80 Å². The molecule has 1 amide bonds. The van der Waals surface area contributed by atoms with Crippen molar-refractivity contribution in [2.75, 3.05) is 31.1 Å². The summed E-state index contributed by atoms with van der Waals surface area (Å²) in [5.41, 5.74) is 6.92. The fourth-order valence-electron chi connectivity index (χ4n) is 5.00. The Morgan fingerprint density at radius 1 is 0.897 bits per heavy atom. The van der Waals surface area contributed by atoms with Crippen molar-refractivity contribution in [3.8, 4) is 11.4 Å². The zero-order valence-corrected chi connectivity index (χ0v) is 22.4. The van der Waals surface area contributed by atoms with Crippen molar-refractivity contribution in [3.05, 3.63) is 116 Å². The molecule has 1 saturated heterocycles. The molecule has 0 unspecified atom stereocenters. The highest BCUT2D eigenvalue weighted by Crippen LogP contribution is 2.29. The molecule has 198 valence electrons. The third-order valence-electron chi connectivity index (χ3n) is 7.27. The predicted molar refractivity (Wildman–Crippen MR) is 152 cm³/mol. The van der Waals surface area contributed by atoms with Crippen LogP contribution in [0.1, 0.15) is 38.3 Å². The average molecular weight is 522 g/mol. The van der Waals surface area contributed by atoms with E-state index in [4.69, 9.17) is 9.97 Å². The number of anilines is 1. The molecule has 3 aromatic carbocycles. The van der Waals surface area contributed by atoms with Gasteiger partial charge >= 0.3 is 0 Å². The second-order valence-electron chi connectivity index (χ2n) is 9.99. The summed E-state index contributed by atoms with van der Waals surface area (Å²) in [6.45, 7) is 8.46. The number of non-ortho nitro benzene ring substituents is 1. The minimum atomic E-state index is -0.478. The van der Waals surface area contributed by atoms with Crippen molar-refractivity contribution in [1.29, 1.82) is 0 Å². The van der Waals surface area contributed by atoms with Gasteiger partial charge in [-0.05, 0) is 38.0 Å². The first-order valence-electron chi connectivity index (χ1n) is 13.1. The van der Waals surface area contributed by atoms with E-state index in [0.29, 0.717) is 37.6 Å². The molecule has 8 heteroatoms. The van der Waals surface area contributed by atoms with E-state index >= 15 is 0 Å². The molecule has 1 fully saturated rings. The maximum Gasteiger partial charge on any atom is 0.270 e. The number of aryl methyl sites for hydroxylation is 3. The molecule has 0 aliphatic carbocycles. The topological polar surface area (TPSA) is 92.5 Å². The van der Waals surface area contributed by atoms with Crippen LogP contribution >= 0.6 is 0 Å². The lowest BCUT2D eigenvalue weighted by Gasteiger charge is -2.36. The normalized spacial score (nSPS) is 13.4. The summed E-state index contributed by atoms with van der Waals surface area (Å²) in [4.78, 5) is 37.8. The van der Waals surface area contributed by atoms with E-state index in [9.17, 15) is 14.9 Å². The Morgan fingerprint density at radius 2 is 1.64 bits per heavy atom. The fourth-order valence-corrected chi connectivity index (χ4v) is 5.00. The van der Waals surface area contributed by atoms with Crippen LogP contribution < -0.4 is 4.90 Å². The number of nitro groups is 1. The lowest BCUT2D eigenvalue weighted by Crippen LogP contribution is -2.49. The third kappa shape index (κ3) is 5.65. The van der Waals surface area contributed by atoms with Crippen molar-refractivity contribution in [3.63, 3.8) is 0 Å². The summed E-state index contributed by atoms with van der Waals surface area (Å²) in [5, 5.41) is 11.2. The Morgan fingerprint density at radius 3 is 2.36 bits per heavy atom. The van der Waals surface area contributed by atoms with Crippen LogP contribution in [0.25, 0.3) is 11.4 Å². The zero-order chi connectivity index (χ0) is 27.5. The summed E-state index contributed by atoms with van der Waals surface area (Å²) in [7, 11) is 0. The van der Waals surface area contributed by atoms with E-state index in [-0.39, 0.29) is 11.6 Å². The quantitative estimate of drug-likeness (QED) is 0.245. The molecule has 0 spiro atoms. The van der Waals surface area contributed by atoms with Crippen LogP contribution in [0.5, 0.6) is 0 Å². The summed E-state index contributed by atoms with van der Waals surface area (Å²) in [6, 6.07) is 22.4. The summed E-state index contributed by atoms with van der Waals surface area (Å²) in [5.74, 6) is 1.38. The van der Waals surface area contributed by atoms with E-state index in [1.807, 2.05) is 37.3 Å². The van der Waals surface area contributed by atoms with Gasteiger partial charge in [0.1, 0.15) is 5.82 Å². The zero-order valence-electron chi connectivity index (χ0n) is 22.4. The van der Waals surface area contributed by atoms with E-state index in [1.165, 1.54) is 28.8 Å². The Hall–Kier alpha value is -4.59. The number of nitro benzene ring substituents is 1. The number of piperazine rings is 1. The van der Waals surface area contributed by atoms with Gasteiger partial charge in [-0.1, -0.05) is 60.2 Å². The number of benzene rings is 3. The molecule has 0 atom stereocenters. The van der Waals surface area contributed by atoms with E-state index in [2.05, 4.69) is 36.9 Å². The highest BCUT2D eigenvalue weighted by atomic mass is 16.6. The first kappa shape index (κ1) is 26.0. The van der Waals surface area contributed by atoms with Gasteiger partial charge in [0.2, 0.25) is 0 Å². The third-order valence-corrected chi connectivity index (χ3v) is 7.27. The molecule has 5 rings (SSSR count). The maximum absolute atomic E-state index is 13.1. The van der Waals surface area contributed by atoms with Gasteiger partial charge in [-0.25, -0.2) is 9.97 Å². The van der Waals surface area contributed by atoms with Gasteiger partial charge in [0, 0.05) is 67.1 Å². The van der Waals surface area contributed by atoms with Crippen molar-refractivity contribution < 1.29 is 9.72 Å². The lowest BCUT2D eigenvalue weighted by atomic mass is 9.97. The minimum Gasteiger partial charge on any atom is -0.353 e. The molecule has 8 nitrogen and oxygen atoms in total. The summed E-state index contributed by atoms with van der Waals surface area (Å²) >= 11 is 0. The van der Waals surface area contributed by atoms with Crippen LogP contribution in [0.2, 0.25) is 0 Å².